The van der Waals surface area contributed by atoms with Crippen molar-refractivity contribution in [2.24, 2.45) is 5.92 Å². The lowest BCUT2D eigenvalue weighted by Gasteiger charge is -2.32. The Balaban J connectivity index is 1.40. The van der Waals surface area contributed by atoms with Gasteiger partial charge in [0.1, 0.15) is 5.82 Å². The van der Waals surface area contributed by atoms with Crippen molar-refractivity contribution in [1.82, 2.24) is 15.3 Å². The number of aromatic nitrogens is 2. The Bertz CT molecular complexity index is 700. The molecular formula is C18H21N5O2. The smallest absolute Gasteiger partial charge is 0.313 e. The molecule has 0 spiro atoms. The Labute approximate surface area is 146 Å². The van der Waals surface area contributed by atoms with Crippen molar-refractivity contribution in [3.8, 4) is 0 Å². The highest BCUT2D eigenvalue weighted by Crippen LogP contribution is 2.20. The third kappa shape index (κ3) is 4.76. The van der Waals surface area contributed by atoms with Gasteiger partial charge in [-0.15, -0.1) is 0 Å². The van der Waals surface area contributed by atoms with Gasteiger partial charge in [0, 0.05) is 32.0 Å². The van der Waals surface area contributed by atoms with E-state index in [9.17, 15) is 9.59 Å². The van der Waals surface area contributed by atoms with E-state index in [0.717, 1.165) is 31.7 Å². The second-order valence-corrected chi connectivity index (χ2v) is 6.02. The first kappa shape index (κ1) is 16.9. The lowest BCUT2D eigenvalue weighted by Crippen LogP contribution is -2.42. The first-order valence-corrected chi connectivity index (χ1v) is 8.37. The lowest BCUT2D eigenvalue weighted by molar-refractivity contribution is -0.136. The van der Waals surface area contributed by atoms with Crippen molar-refractivity contribution >= 4 is 23.3 Å². The average Bonchev–Trinajstić information content (AvgIpc) is 2.68. The van der Waals surface area contributed by atoms with Crippen LogP contribution in [0.3, 0.4) is 0 Å². The number of pyridine rings is 2. The van der Waals surface area contributed by atoms with Crippen LogP contribution in [0.25, 0.3) is 0 Å². The molecule has 0 saturated carbocycles. The Morgan fingerprint density at radius 3 is 2.60 bits per heavy atom. The number of hydrogen-bond donors (Lipinski definition) is 2. The van der Waals surface area contributed by atoms with Crippen LogP contribution in [0, 0.1) is 5.92 Å². The first-order chi connectivity index (χ1) is 12.2. The molecule has 0 bridgehead atoms. The third-order valence-electron chi connectivity index (χ3n) is 4.26. The Kier molecular flexibility index (Phi) is 5.56. The van der Waals surface area contributed by atoms with Crippen molar-refractivity contribution in [2.75, 3.05) is 29.9 Å². The second-order valence-electron chi connectivity index (χ2n) is 6.02. The van der Waals surface area contributed by atoms with Crippen LogP contribution in [-0.2, 0) is 9.59 Å². The summed E-state index contributed by atoms with van der Waals surface area (Å²) in [5.74, 6) is 0.0749. The maximum Gasteiger partial charge on any atom is 0.313 e. The Morgan fingerprint density at radius 2 is 1.92 bits per heavy atom. The highest BCUT2D eigenvalue weighted by molar-refractivity contribution is 6.39. The summed E-state index contributed by atoms with van der Waals surface area (Å²) in [6, 6.07) is 9.27. The molecule has 2 aromatic heterocycles. The van der Waals surface area contributed by atoms with Crippen molar-refractivity contribution in [3.63, 3.8) is 0 Å². The lowest BCUT2D eigenvalue weighted by atomic mass is 9.97. The number of anilines is 2. The fourth-order valence-electron chi connectivity index (χ4n) is 2.85. The summed E-state index contributed by atoms with van der Waals surface area (Å²) in [4.78, 5) is 34.3. The Morgan fingerprint density at radius 1 is 1.08 bits per heavy atom. The molecular weight excluding hydrogens is 318 g/mol. The normalized spacial score (nSPS) is 14.8. The van der Waals surface area contributed by atoms with Crippen molar-refractivity contribution in [2.45, 2.75) is 12.8 Å². The molecule has 1 fully saturated rings. The van der Waals surface area contributed by atoms with Crippen LogP contribution in [0.5, 0.6) is 0 Å². The molecule has 0 radical (unpaired) electrons. The molecule has 7 nitrogen and oxygen atoms in total. The van der Waals surface area contributed by atoms with Gasteiger partial charge in [-0.05, 0) is 43.0 Å². The van der Waals surface area contributed by atoms with E-state index in [-0.39, 0.29) is 0 Å². The zero-order valence-corrected chi connectivity index (χ0v) is 13.9. The summed E-state index contributed by atoms with van der Waals surface area (Å²) in [5.41, 5.74) is 0.506. The number of hydrogen-bond acceptors (Lipinski definition) is 5. The molecule has 0 atom stereocenters. The van der Waals surface area contributed by atoms with E-state index >= 15 is 0 Å². The summed E-state index contributed by atoms with van der Waals surface area (Å²) in [7, 11) is 0. The Hall–Kier alpha value is -2.96. The van der Waals surface area contributed by atoms with Gasteiger partial charge in [0.15, 0.2) is 0 Å². The molecule has 1 aliphatic rings. The van der Waals surface area contributed by atoms with E-state index in [0.29, 0.717) is 18.2 Å². The quantitative estimate of drug-likeness (QED) is 0.823. The zero-order chi connectivity index (χ0) is 17.5. The van der Waals surface area contributed by atoms with Crippen LogP contribution >= 0.6 is 0 Å². The van der Waals surface area contributed by atoms with Crippen molar-refractivity contribution in [1.29, 1.82) is 0 Å². The predicted octanol–water partition coefficient (Wildman–Crippen LogP) is 1.45. The van der Waals surface area contributed by atoms with Gasteiger partial charge in [-0.2, -0.15) is 0 Å². The third-order valence-corrected chi connectivity index (χ3v) is 4.26. The van der Waals surface area contributed by atoms with E-state index in [1.54, 1.807) is 24.5 Å². The molecule has 7 heteroatoms. The summed E-state index contributed by atoms with van der Waals surface area (Å²) < 4.78 is 0. The first-order valence-electron chi connectivity index (χ1n) is 8.37. The minimum atomic E-state index is -0.668. The molecule has 0 unspecified atom stereocenters. The molecule has 2 aromatic rings. The maximum absolute atomic E-state index is 11.9. The molecule has 25 heavy (non-hydrogen) atoms. The number of amides is 2. The maximum atomic E-state index is 11.9. The molecule has 2 N–H and O–H groups in total. The largest absolute Gasteiger partial charge is 0.357 e. The van der Waals surface area contributed by atoms with E-state index < -0.39 is 11.8 Å². The minimum Gasteiger partial charge on any atom is -0.357 e. The standard InChI is InChI=1S/C18H21N5O2/c24-17(18(25)22-15-4-3-8-19-13-15)21-12-14-6-10-23(11-7-14)16-5-1-2-9-20-16/h1-5,8-9,13-14H,6-7,10-12H2,(H,21,24)(H,22,25). The number of carbonyl (C=O) groups is 2. The van der Waals surface area contributed by atoms with E-state index in [1.807, 2.05) is 18.2 Å². The van der Waals surface area contributed by atoms with Crippen molar-refractivity contribution < 1.29 is 9.59 Å². The van der Waals surface area contributed by atoms with Crippen LogP contribution in [0.15, 0.2) is 48.9 Å². The predicted molar refractivity (Wildman–Crippen MR) is 95.1 cm³/mol. The topological polar surface area (TPSA) is 87.2 Å². The van der Waals surface area contributed by atoms with Gasteiger partial charge in [-0.1, -0.05) is 6.07 Å². The van der Waals surface area contributed by atoms with Crippen LogP contribution in [0.1, 0.15) is 12.8 Å². The summed E-state index contributed by atoms with van der Waals surface area (Å²) in [6.07, 6.45) is 6.82. The second kappa shape index (κ2) is 8.23. The molecule has 2 amide bonds. The summed E-state index contributed by atoms with van der Waals surface area (Å²) in [6.45, 7) is 2.31. The van der Waals surface area contributed by atoms with E-state index in [4.69, 9.17) is 0 Å². The molecule has 130 valence electrons. The molecule has 1 saturated heterocycles. The summed E-state index contributed by atoms with van der Waals surface area (Å²) in [5, 5.41) is 5.25. The number of carbonyl (C=O) groups excluding carboxylic acids is 2. The average molecular weight is 339 g/mol. The van der Waals surface area contributed by atoms with Crippen LogP contribution in [0.4, 0.5) is 11.5 Å². The van der Waals surface area contributed by atoms with Crippen LogP contribution < -0.4 is 15.5 Å². The van der Waals surface area contributed by atoms with Gasteiger partial charge in [-0.3, -0.25) is 14.6 Å². The van der Waals surface area contributed by atoms with Gasteiger partial charge < -0.3 is 15.5 Å². The van der Waals surface area contributed by atoms with Gasteiger partial charge in [-0.25, -0.2) is 4.98 Å². The SMILES string of the molecule is O=C(NCC1CCN(c2ccccn2)CC1)C(=O)Nc1cccnc1. The van der Waals surface area contributed by atoms with E-state index in [1.165, 1.54) is 6.20 Å². The molecule has 0 aliphatic carbocycles. The van der Waals surface area contributed by atoms with Gasteiger partial charge in [0.2, 0.25) is 0 Å². The highest BCUT2D eigenvalue weighted by Gasteiger charge is 2.22. The van der Waals surface area contributed by atoms with E-state index in [2.05, 4.69) is 25.5 Å². The number of nitrogens with one attached hydrogen (secondary N) is 2. The van der Waals surface area contributed by atoms with Crippen molar-refractivity contribution in [3.05, 3.63) is 48.9 Å². The number of piperidine rings is 1. The van der Waals surface area contributed by atoms with Gasteiger partial charge >= 0.3 is 11.8 Å². The summed E-state index contributed by atoms with van der Waals surface area (Å²) >= 11 is 0. The van der Waals surface area contributed by atoms with Crippen LogP contribution in [-0.4, -0.2) is 41.4 Å². The fraction of sp³-hybridized carbons (Fsp3) is 0.333. The van der Waals surface area contributed by atoms with Crippen LogP contribution in [0.2, 0.25) is 0 Å². The molecule has 3 heterocycles. The minimum absolute atomic E-state index is 0.370. The molecule has 0 aromatic carbocycles. The monoisotopic (exact) mass is 339 g/mol. The number of rotatable bonds is 4. The molecule has 1 aliphatic heterocycles. The highest BCUT2D eigenvalue weighted by atomic mass is 16.2. The van der Waals surface area contributed by atoms with Gasteiger partial charge in [0.25, 0.3) is 0 Å². The fourth-order valence-corrected chi connectivity index (χ4v) is 2.85. The zero-order valence-electron chi connectivity index (χ0n) is 13.9. The molecule has 3 rings (SSSR count). The number of nitrogens with zero attached hydrogens (tertiary/aromatic N) is 3. The van der Waals surface area contributed by atoms with Gasteiger partial charge in [0.05, 0.1) is 11.9 Å².